The van der Waals surface area contributed by atoms with Crippen LogP contribution in [0.15, 0.2) is 91.3 Å². The van der Waals surface area contributed by atoms with Gasteiger partial charge in [-0.1, -0.05) is 54.6 Å². The standard InChI is InChI=1S/C28H30N2O2/c1-32-26-14-7-13-24(19-26)28(23-11-3-2-4-12-23)20-25(28)15-16-27(31)30-18-6-5-9-22-10-8-17-29-21-22/h2-4,7-8,10-17,19,21,25H,5-6,9,18,20H2,1H3,(H,30,31)/t25-,28+/m1/s1. The van der Waals surface area contributed by atoms with Gasteiger partial charge in [-0.15, -0.1) is 0 Å². The van der Waals surface area contributed by atoms with Gasteiger partial charge in [-0.3, -0.25) is 9.78 Å². The van der Waals surface area contributed by atoms with E-state index in [1.165, 1.54) is 16.7 Å². The van der Waals surface area contributed by atoms with Crippen LogP contribution in [0.3, 0.4) is 0 Å². The van der Waals surface area contributed by atoms with Gasteiger partial charge in [0.25, 0.3) is 0 Å². The smallest absolute Gasteiger partial charge is 0.243 e. The third-order valence-electron chi connectivity index (χ3n) is 6.28. The summed E-state index contributed by atoms with van der Waals surface area (Å²) in [7, 11) is 1.69. The molecule has 1 heterocycles. The van der Waals surface area contributed by atoms with Gasteiger partial charge in [0.2, 0.25) is 5.91 Å². The highest BCUT2D eigenvalue weighted by Crippen LogP contribution is 2.59. The molecule has 164 valence electrons. The Hall–Kier alpha value is -3.40. The lowest BCUT2D eigenvalue weighted by Crippen LogP contribution is -2.22. The van der Waals surface area contributed by atoms with E-state index in [0.717, 1.165) is 31.4 Å². The van der Waals surface area contributed by atoms with Gasteiger partial charge in [-0.2, -0.15) is 0 Å². The summed E-state index contributed by atoms with van der Waals surface area (Å²) >= 11 is 0. The molecule has 4 heteroatoms. The number of unbranched alkanes of at least 4 members (excludes halogenated alkanes) is 1. The zero-order valence-electron chi connectivity index (χ0n) is 18.5. The molecule has 4 nitrogen and oxygen atoms in total. The molecule has 2 atom stereocenters. The highest BCUT2D eigenvalue weighted by atomic mass is 16.5. The molecule has 0 spiro atoms. The summed E-state index contributed by atoms with van der Waals surface area (Å²) in [6.45, 7) is 0.688. The van der Waals surface area contributed by atoms with E-state index < -0.39 is 0 Å². The maximum absolute atomic E-state index is 12.4. The lowest BCUT2D eigenvalue weighted by atomic mass is 9.85. The van der Waals surface area contributed by atoms with Gasteiger partial charge >= 0.3 is 0 Å². The largest absolute Gasteiger partial charge is 0.497 e. The van der Waals surface area contributed by atoms with E-state index in [4.69, 9.17) is 4.74 Å². The summed E-state index contributed by atoms with van der Waals surface area (Å²) < 4.78 is 5.45. The molecule has 1 aliphatic carbocycles. The Balaban J connectivity index is 1.34. The van der Waals surface area contributed by atoms with Crippen LogP contribution in [0, 0.1) is 5.92 Å². The van der Waals surface area contributed by atoms with E-state index in [9.17, 15) is 4.79 Å². The number of aryl methyl sites for hydroxylation is 1. The molecule has 32 heavy (non-hydrogen) atoms. The van der Waals surface area contributed by atoms with Crippen LogP contribution in [0.25, 0.3) is 0 Å². The SMILES string of the molecule is COc1cccc([C@@]2(c3ccccc3)C[C@H]2C=CC(=O)NCCCCc2cccnc2)c1. The number of benzene rings is 2. The lowest BCUT2D eigenvalue weighted by molar-refractivity contribution is -0.116. The molecule has 0 saturated heterocycles. The Kier molecular flexibility index (Phi) is 7.00. The van der Waals surface area contributed by atoms with Crippen LogP contribution in [0.1, 0.15) is 36.0 Å². The van der Waals surface area contributed by atoms with Crippen molar-refractivity contribution in [3.63, 3.8) is 0 Å². The monoisotopic (exact) mass is 426 g/mol. The maximum atomic E-state index is 12.4. The highest BCUT2D eigenvalue weighted by Gasteiger charge is 2.55. The predicted octanol–water partition coefficient (Wildman–Crippen LogP) is 5.09. The molecule has 4 rings (SSSR count). The number of amides is 1. The van der Waals surface area contributed by atoms with Gasteiger partial charge in [0.05, 0.1) is 7.11 Å². The third-order valence-corrected chi connectivity index (χ3v) is 6.28. The molecule has 1 fully saturated rings. The highest BCUT2D eigenvalue weighted by molar-refractivity contribution is 5.87. The normalized spacial score (nSPS) is 19.6. The maximum Gasteiger partial charge on any atom is 0.243 e. The second-order valence-electron chi connectivity index (χ2n) is 8.35. The number of hydrogen-bond acceptors (Lipinski definition) is 3. The third kappa shape index (κ3) is 5.08. The van der Waals surface area contributed by atoms with Gasteiger partial charge in [-0.25, -0.2) is 0 Å². The molecular weight excluding hydrogens is 396 g/mol. The molecule has 0 aliphatic heterocycles. The van der Waals surface area contributed by atoms with Crippen molar-refractivity contribution in [2.24, 2.45) is 5.92 Å². The van der Waals surface area contributed by atoms with Crippen LogP contribution in [0.4, 0.5) is 0 Å². The minimum absolute atomic E-state index is 0.0223. The van der Waals surface area contributed by atoms with Crippen molar-refractivity contribution < 1.29 is 9.53 Å². The Morgan fingerprint density at radius 2 is 1.94 bits per heavy atom. The Labute approximate surface area is 190 Å². The number of aromatic nitrogens is 1. The van der Waals surface area contributed by atoms with E-state index in [-0.39, 0.29) is 17.2 Å². The van der Waals surface area contributed by atoms with Crippen molar-refractivity contribution >= 4 is 5.91 Å². The van der Waals surface area contributed by atoms with Gasteiger partial charge in [0, 0.05) is 24.4 Å². The quantitative estimate of drug-likeness (QED) is 0.363. The van der Waals surface area contributed by atoms with Crippen molar-refractivity contribution in [1.29, 1.82) is 0 Å². The molecule has 0 bridgehead atoms. The summed E-state index contributed by atoms with van der Waals surface area (Å²) in [5.74, 6) is 1.12. The van der Waals surface area contributed by atoms with Crippen molar-refractivity contribution in [3.8, 4) is 5.75 Å². The fraction of sp³-hybridized carbons (Fsp3) is 0.286. The van der Waals surface area contributed by atoms with Crippen LogP contribution in [0.5, 0.6) is 5.75 Å². The molecule has 3 aromatic rings. The minimum atomic E-state index is -0.101. The number of allylic oxidation sites excluding steroid dienone is 1. The van der Waals surface area contributed by atoms with Crippen molar-refractivity contribution in [1.82, 2.24) is 10.3 Å². The van der Waals surface area contributed by atoms with Crippen LogP contribution >= 0.6 is 0 Å². The van der Waals surface area contributed by atoms with Crippen molar-refractivity contribution in [2.45, 2.75) is 31.1 Å². The molecular formula is C28H30N2O2. The number of pyridine rings is 1. The summed E-state index contributed by atoms with van der Waals surface area (Å²) in [4.78, 5) is 16.5. The molecule has 1 amide bonds. The molecule has 2 aromatic carbocycles. The first-order chi connectivity index (χ1) is 15.7. The molecule has 1 aliphatic rings. The lowest BCUT2D eigenvalue weighted by Gasteiger charge is -2.19. The number of hydrogen-bond donors (Lipinski definition) is 1. The van der Waals surface area contributed by atoms with Gasteiger partial charge < -0.3 is 10.1 Å². The fourth-order valence-corrected chi connectivity index (χ4v) is 4.46. The summed E-state index contributed by atoms with van der Waals surface area (Å²) in [6.07, 6.45) is 11.4. The minimum Gasteiger partial charge on any atom is -0.497 e. The van der Waals surface area contributed by atoms with Gasteiger partial charge in [0.1, 0.15) is 5.75 Å². The zero-order valence-corrected chi connectivity index (χ0v) is 18.5. The number of nitrogens with one attached hydrogen (secondary N) is 1. The summed E-state index contributed by atoms with van der Waals surface area (Å²) in [5.41, 5.74) is 3.64. The Morgan fingerprint density at radius 1 is 1.09 bits per heavy atom. The number of carbonyl (C=O) groups excluding carboxylic acids is 1. The molecule has 0 radical (unpaired) electrons. The zero-order chi connectivity index (χ0) is 22.2. The van der Waals surface area contributed by atoms with E-state index >= 15 is 0 Å². The topological polar surface area (TPSA) is 51.2 Å². The van der Waals surface area contributed by atoms with Gasteiger partial charge in [-0.05, 0) is 72.6 Å². The molecule has 1 saturated carbocycles. The van der Waals surface area contributed by atoms with Crippen LogP contribution in [0.2, 0.25) is 0 Å². The second-order valence-corrected chi connectivity index (χ2v) is 8.35. The van der Waals surface area contributed by atoms with Crippen molar-refractivity contribution in [3.05, 3.63) is 108 Å². The summed E-state index contributed by atoms with van der Waals surface area (Å²) in [5, 5.41) is 3.02. The molecule has 1 aromatic heterocycles. The van der Waals surface area contributed by atoms with Gasteiger partial charge in [0.15, 0.2) is 0 Å². The first kappa shape index (κ1) is 21.8. The number of rotatable bonds is 10. The average Bonchev–Trinajstić information content (AvgIpc) is 3.59. The predicted molar refractivity (Wildman–Crippen MR) is 128 cm³/mol. The Bertz CT molecular complexity index is 1050. The van der Waals surface area contributed by atoms with E-state index in [1.54, 1.807) is 19.4 Å². The fourth-order valence-electron chi connectivity index (χ4n) is 4.46. The average molecular weight is 427 g/mol. The second kappa shape index (κ2) is 10.3. The van der Waals surface area contributed by atoms with Crippen molar-refractivity contribution in [2.75, 3.05) is 13.7 Å². The first-order valence-electron chi connectivity index (χ1n) is 11.3. The molecule has 0 unspecified atom stereocenters. The molecule has 1 N–H and O–H groups in total. The number of carbonyl (C=O) groups is 1. The number of methoxy groups -OCH3 is 1. The van der Waals surface area contributed by atoms with Crippen LogP contribution < -0.4 is 10.1 Å². The Morgan fingerprint density at radius 3 is 2.72 bits per heavy atom. The van der Waals surface area contributed by atoms with E-state index in [1.807, 2.05) is 30.5 Å². The van der Waals surface area contributed by atoms with E-state index in [2.05, 4.69) is 58.8 Å². The first-order valence-corrected chi connectivity index (χ1v) is 11.3. The number of nitrogens with zero attached hydrogens (tertiary/aromatic N) is 1. The van der Waals surface area contributed by atoms with Crippen LogP contribution in [-0.2, 0) is 16.6 Å². The summed E-state index contributed by atoms with van der Waals surface area (Å²) in [6, 6.07) is 22.9. The van der Waals surface area contributed by atoms with Crippen LogP contribution in [-0.4, -0.2) is 24.5 Å². The van der Waals surface area contributed by atoms with E-state index in [0.29, 0.717) is 6.54 Å². The number of ether oxygens (including phenoxy) is 1.